The van der Waals surface area contributed by atoms with E-state index in [-0.39, 0.29) is 59.5 Å². The Morgan fingerprint density at radius 3 is 1.12 bits per heavy atom. The minimum absolute atomic E-state index is 0.00717. The molecule has 0 bridgehead atoms. The van der Waals surface area contributed by atoms with Crippen molar-refractivity contribution in [3.05, 3.63) is 204 Å². The number of hydrogen-bond acceptors (Lipinski definition) is 12. The van der Waals surface area contributed by atoms with Crippen molar-refractivity contribution in [3.8, 4) is 36.2 Å². The second kappa shape index (κ2) is 28.0. The van der Waals surface area contributed by atoms with Crippen LogP contribution in [-0.2, 0) is 80.4 Å². The molecular weight excluding hydrogens is 913 g/mol. The van der Waals surface area contributed by atoms with Crippen LogP contribution < -0.4 is 9.47 Å². The smallest absolute Gasteiger partial charge is 0.229 e. The zero-order valence-corrected chi connectivity index (χ0v) is 40.4. The molecule has 72 heavy (non-hydrogen) atoms. The second-order valence-corrected chi connectivity index (χ2v) is 17.2. The molecule has 12 nitrogen and oxygen atoms in total. The Labute approximate surface area is 423 Å². The van der Waals surface area contributed by atoms with E-state index in [1.165, 1.54) is 0 Å². The largest absolute Gasteiger partial charge is 0.497 e. The average Bonchev–Trinajstić information content (AvgIpc) is 3.43. The number of terminal acetylenes is 2. The van der Waals surface area contributed by atoms with Crippen molar-refractivity contribution in [2.45, 2.75) is 94.4 Å². The Hall–Kier alpha value is -6.36. The first kappa shape index (κ1) is 52.0. The summed E-state index contributed by atoms with van der Waals surface area (Å²) in [6, 6.07) is 56.7. The van der Waals surface area contributed by atoms with E-state index in [1.807, 2.05) is 176 Å². The van der Waals surface area contributed by atoms with Gasteiger partial charge in [0.05, 0.1) is 53.4 Å². The molecule has 2 heterocycles. The number of hydrogen-bond donors (Lipinski definition) is 0. The van der Waals surface area contributed by atoms with Crippen molar-refractivity contribution >= 4 is 0 Å². The molecule has 10 atom stereocenters. The van der Waals surface area contributed by atoms with Crippen molar-refractivity contribution in [1.29, 1.82) is 0 Å². The molecule has 0 N–H and O–H groups in total. The summed E-state index contributed by atoms with van der Waals surface area (Å²) in [7, 11) is 1.61. The fraction of sp³-hybridized carbons (Fsp3) is 0.333. The number of benzene rings is 6. The summed E-state index contributed by atoms with van der Waals surface area (Å²) in [5.74, 6) is 6.34. The van der Waals surface area contributed by atoms with Gasteiger partial charge in [-0.15, -0.1) is 12.8 Å². The molecule has 8 rings (SSSR count). The predicted octanol–water partition coefficient (Wildman–Crippen LogP) is 9.14. The van der Waals surface area contributed by atoms with E-state index in [0.29, 0.717) is 11.5 Å². The molecule has 0 unspecified atom stereocenters. The highest BCUT2D eigenvalue weighted by Crippen LogP contribution is 2.37. The Balaban J connectivity index is 1.21. The minimum atomic E-state index is -1.16. The SMILES string of the molecule is C#CCOC[C@H]1O[C@H](O[C@H]2[C@H](OCc3ccccc3)[C@@H](OCc3ccccc3)[C@H](Oc3ccc(OC)cc3)O[C@@H]2COCC#C)[C@H](OCc2ccccc2)[C@@H](OCc2ccccc2)[C@@H]1OCc1ccccc1. The molecular formula is C60H62O12. The molecule has 374 valence electrons. The molecule has 2 aliphatic rings. The second-order valence-electron chi connectivity index (χ2n) is 17.2. The van der Waals surface area contributed by atoms with Gasteiger partial charge in [-0.25, -0.2) is 0 Å². The quantitative estimate of drug-likeness (QED) is 0.0382. The van der Waals surface area contributed by atoms with Gasteiger partial charge in [-0.05, 0) is 52.1 Å². The third-order valence-corrected chi connectivity index (χ3v) is 12.1. The molecule has 2 saturated heterocycles. The van der Waals surface area contributed by atoms with Crippen molar-refractivity contribution in [2.24, 2.45) is 0 Å². The van der Waals surface area contributed by atoms with Crippen LogP contribution in [0.2, 0.25) is 0 Å². The van der Waals surface area contributed by atoms with Gasteiger partial charge in [-0.3, -0.25) is 0 Å². The Morgan fingerprint density at radius 2 is 0.722 bits per heavy atom. The molecule has 0 spiro atoms. The lowest BCUT2D eigenvalue weighted by atomic mass is 9.95. The van der Waals surface area contributed by atoms with Crippen LogP contribution in [0.3, 0.4) is 0 Å². The topological polar surface area (TPSA) is 111 Å². The first-order valence-electron chi connectivity index (χ1n) is 24.2. The molecule has 0 saturated carbocycles. The summed E-state index contributed by atoms with van der Waals surface area (Å²) in [5, 5.41) is 0. The zero-order valence-electron chi connectivity index (χ0n) is 40.4. The predicted molar refractivity (Wildman–Crippen MR) is 270 cm³/mol. The van der Waals surface area contributed by atoms with E-state index < -0.39 is 61.4 Å². The lowest BCUT2D eigenvalue weighted by Crippen LogP contribution is -2.67. The van der Waals surface area contributed by atoms with E-state index in [9.17, 15) is 0 Å². The first-order chi connectivity index (χ1) is 35.6. The van der Waals surface area contributed by atoms with Gasteiger partial charge in [0.25, 0.3) is 0 Å². The molecule has 6 aromatic rings. The molecule has 0 radical (unpaired) electrons. The third kappa shape index (κ3) is 15.1. The fourth-order valence-corrected chi connectivity index (χ4v) is 8.57. The van der Waals surface area contributed by atoms with E-state index in [2.05, 4.69) is 11.8 Å². The van der Waals surface area contributed by atoms with Crippen LogP contribution in [0, 0.1) is 24.7 Å². The summed E-state index contributed by atoms with van der Waals surface area (Å²) in [4.78, 5) is 0. The number of methoxy groups -OCH3 is 1. The van der Waals surface area contributed by atoms with Gasteiger partial charge in [0, 0.05) is 0 Å². The molecule has 0 aromatic heterocycles. The standard InChI is InChI=1S/C60H62O12/c1-4-35-62-42-51-53(64-37-44-21-11-6-12-22-44)55(65-38-45-23-13-7-14-24-45)57(67-40-47-27-17-9-18-28-47)60(70-51)72-54-52(43-63-36-5-2)71-59(69-50-33-31-49(61-3)32-34-50)58(68-41-48-29-19-10-20-30-48)56(54)66-39-46-25-15-8-16-26-46/h1-2,6-34,51-60H,35-43H2,3H3/t51-,52-,53-,54-,55+,56+,57-,58-,59-,60-/m1/s1. The van der Waals surface area contributed by atoms with Crippen LogP contribution >= 0.6 is 0 Å². The minimum Gasteiger partial charge on any atom is -0.497 e. The average molecular weight is 975 g/mol. The normalized spacial score (nSPS) is 23.9. The third-order valence-electron chi connectivity index (χ3n) is 12.1. The summed E-state index contributed by atoms with van der Waals surface area (Å²) in [5.41, 5.74) is 4.70. The first-order valence-corrected chi connectivity index (χ1v) is 24.2. The maximum atomic E-state index is 7.41. The molecule has 0 amide bonds. The number of rotatable bonds is 26. The summed E-state index contributed by atoms with van der Waals surface area (Å²) < 4.78 is 80.6. The Bertz CT molecular complexity index is 2520. The van der Waals surface area contributed by atoms with Gasteiger partial charge < -0.3 is 56.8 Å². The van der Waals surface area contributed by atoms with Crippen molar-refractivity contribution < 1.29 is 56.8 Å². The van der Waals surface area contributed by atoms with E-state index in [0.717, 1.165) is 27.8 Å². The van der Waals surface area contributed by atoms with Gasteiger partial charge >= 0.3 is 0 Å². The maximum absolute atomic E-state index is 7.41. The van der Waals surface area contributed by atoms with Crippen LogP contribution in [0.25, 0.3) is 0 Å². The Kier molecular flexibility index (Phi) is 20.2. The van der Waals surface area contributed by atoms with E-state index in [1.54, 1.807) is 7.11 Å². The Morgan fingerprint density at radius 1 is 0.389 bits per heavy atom. The van der Waals surface area contributed by atoms with Crippen molar-refractivity contribution in [1.82, 2.24) is 0 Å². The maximum Gasteiger partial charge on any atom is 0.229 e. The lowest BCUT2D eigenvalue weighted by Gasteiger charge is -2.50. The van der Waals surface area contributed by atoms with E-state index in [4.69, 9.17) is 69.7 Å². The van der Waals surface area contributed by atoms with Gasteiger partial charge in [-0.2, -0.15) is 0 Å². The monoisotopic (exact) mass is 974 g/mol. The summed E-state index contributed by atoms with van der Waals surface area (Å²) in [6.45, 7) is 1.12. The molecule has 0 aliphatic carbocycles. The summed E-state index contributed by atoms with van der Waals surface area (Å²) in [6.07, 6.45) is 2.41. The highest BCUT2D eigenvalue weighted by molar-refractivity contribution is 5.31. The lowest BCUT2D eigenvalue weighted by molar-refractivity contribution is -0.371. The van der Waals surface area contributed by atoms with Gasteiger partial charge in [0.2, 0.25) is 6.29 Å². The van der Waals surface area contributed by atoms with Crippen LogP contribution in [-0.4, -0.2) is 94.9 Å². The van der Waals surface area contributed by atoms with Gasteiger partial charge in [0.1, 0.15) is 73.5 Å². The van der Waals surface area contributed by atoms with E-state index >= 15 is 0 Å². The highest BCUT2D eigenvalue weighted by atomic mass is 16.8. The van der Waals surface area contributed by atoms with Crippen molar-refractivity contribution in [2.75, 3.05) is 33.5 Å². The van der Waals surface area contributed by atoms with Crippen LogP contribution in [0.5, 0.6) is 11.5 Å². The molecule has 12 heteroatoms. The van der Waals surface area contributed by atoms with Crippen LogP contribution in [0.1, 0.15) is 27.8 Å². The van der Waals surface area contributed by atoms with Crippen LogP contribution in [0.15, 0.2) is 176 Å². The molecule has 2 fully saturated rings. The number of ether oxygens (including phenoxy) is 12. The van der Waals surface area contributed by atoms with Gasteiger partial charge in [-0.1, -0.05) is 164 Å². The van der Waals surface area contributed by atoms with Gasteiger partial charge in [0.15, 0.2) is 6.29 Å². The zero-order chi connectivity index (χ0) is 49.6. The highest BCUT2D eigenvalue weighted by Gasteiger charge is 2.55. The molecule has 6 aromatic carbocycles. The molecule has 2 aliphatic heterocycles. The summed E-state index contributed by atoms with van der Waals surface area (Å²) >= 11 is 0. The van der Waals surface area contributed by atoms with Crippen molar-refractivity contribution in [3.63, 3.8) is 0 Å². The fourth-order valence-electron chi connectivity index (χ4n) is 8.57. The van der Waals surface area contributed by atoms with Crippen LogP contribution in [0.4, 0.5) is 0 Å².